The van der Waals surface area contributed by atoms with Crippen LogP contribution in [0.15, 0.2) is 24.3 Å². The van der Waals surface area contributed by atoms with Crippen molar-refractivity contribution in [1.82, 2.24) is 15.9 Å². The Bertz CT molecular complexity index is 328. The molecule has 1 aromatic carbocycles. The van der Waals surface area contributed by atoms with Gasteiger partial charge in [0.15, 0.2) is 6.80 Å². The molecule has 0 atom stereocenters. The number of benzene rings is 1. The van der Waals surface area contributed by atoms with Crippen molar-refractivity contribution in [2.45, 2.75) is 0 Å². The maximum Gasteiger partial charge on any atom is 0.162 e. The van der Waals surface area contributed by atoms with Crippen molar-refractivity contribution >= 4 is 11.4 Å². The van der Waals surface area contributed by atoms with Gasteiger partial charge in [0, 0.05) is 25.8 Å². The van der Waals surface area contributed by atoms with Gasteiger partial charge in [-0.2, -0.15) is 5.53 Å². The number of hydrogen-bond donors (Lipinski definition) is 3. The number of nitrogens with zero attached hydrogens (tertiary/aromatic N) is 2. The highest BCUT2D eigenvalue weighted by Crippen LogP contribution is 2.17. The van der Waals surface area contributed by atoms with E-state index >= 15 is 0 Å². The summed E-state index contributed by atoms with van der Waals surface area (Å²) >= 11 is 0. The maximum atomic E-state index is 13.0. The maximum absolute atomic E-state index is 13.0. The molecule has 0 fully saturated rings. The van der Waals surface area contributed by atoms with Crippen LogP contribution in [-0.2, 0) is 0 Å². The summed E-state index contributed by atoms with van der Waals surface area (Å²) in [4.78, 5) is 3.74. The van der Waals surface area contributed by atoms with Gasteiger partial charge in [-0.1, -0.05) is 0 Å². The van der Waals surface area contributed by atoms with Crippen molar-refractivity contribution in [2.75, 3.05) is 51.4 Å². The van der Waals surface area contributed by atoms with Gasteiger partial charge in [-0.15, -0.1) is 0 Å². The third-order valence-corrected chi connectivity index (χ3v) is 2.53. The van der Waals surface area contributed by atoms with Crippen molar-refractivity contribution in [3.63, 3.8) is 0 Å². The molecule has 0 amide bonds. The normalized spacial score (nSPS) is 10.7. The van der Waals surface area contributed by atoms with Crippen LogP contribution >= 0.6 is 0 Å². The third-order valence-electron chi connectivity index (χ3n) is 2.53. The largest absolute Gasteiger partial charge is 0.343 e. The van der Waals surface area contributed by atoms with Crippen LogP contribution in [0.2, 0.25) is 0 Å². The highest BCUT2D eigenvalue weighted by atomic mass is 19.1. The molecule has 0 radical (unpaired) electrons. The van der Waals surface area contributed by atoms with Crippen LogP contribution in [0, 0.1) is 0 Å². The molecule has 5 nitrogen and oxygen atoms in total. The third kappa shape index (κ3) is 4.87. The molecule has 1 rings (SSSR count). The lowest BCUT2D eigenvalue weighted by atomic mass is 10.2. The molecule has 0 unspecified atom stereocenters. The molecule has 0 saturated carbocycles. The molecular formula is C12H22FN5. The summed E-state index contributed by atoms with van der Waals surface area (Å²) < 4.78 is 13.0. The topological polar surface area (TPSA) is 42.6 Å². The van der Waals surface area contributed by atoms with Crippen molar-refractivity contribution in [2.24, 2.45) is 0 Å². The Labute approximate surface area is 108 Å². The van der Waals surface area contributed by atoms with Gasteiger partial charge in [-0.25, -0.2) is 9.82 Å². The molecule has 1 aromatic rings. The minimum atomic E-state index is -0.477. The number of halogens is 1. The highest BCUT2D eigenvalue weighted by molar-refractivity contribution is 5.54. The first-order valence-electron chi connectivity index (χ1n) is 5.91. The second kappa shape index (κ2) is 7.86. The summed E-state index contributed by atoms with van der Waals surface area (Å²) in [5.74, 6) is 0. The molecule has 0 aliphatic heterocycles. The molecular weight excluding hydrogens is 233 g/mol. The molecule has 0 heterocycles. The van der Waals surface area contributed by atoms with Crippen LogP contribution in [0.25, 0.3) is 0 Å². The quantitative estimate of drug-likeness (QED) is 0.478. The second-order valence-electron chi connectivity index (χ2n) is 4.23. The molecule has 0 spiro atoms. The smallest absolute Gasteiger partial charge is 0.162 e. The van der Waals surface area contributed by atoms with Crippen LogP contribution in [0.3, 0.4) is 0 Å². The van der Waals surface area contributed by atoms with Crippen molar-refractivity contribution < 1.29 is 4.39 Å². The van der Waals surface area contributed by atoms with Gasteiger partial charge in [-0.05, 0) is 38.4 Å². The lowest BCUT2D eigenvalue weighted by Gasteiger charge is -2.23. The van der Waals surface area contributed by atoms with Crippen molar-refractivity contribution in [3.05, 3.63) is 24.3 Å². The predicted octanol–water partition coefficient (Wildman–Crippen LogP) is 1.03. The molecule has 0 saturated heterocycles. The number of rotatable bonds is 8. The van der Waals surface area contributed by atoms with Crippen LogP contribution in [-0.4, -0.2) is 45.9 Å². The average Bonchev–Trinajstić information content (AvgIpc) is 2.38. The van der Waals surface area contributed by atoms with Crippen molar-refractivity contribution in [3.8, 4) is 0 Å². The number of hydrogen-bond acceptors (Lipinski definition) is 5. The van der Waals surface area contributed by atoms with E-state index in [1.807, 2.05) is 43.3 Å². The van der Waals surface area contributed by atoms with Gasteiger partial charge in [0.25, 0.3) is 0 Å². The standard InChI is InChI=1S/C12H22FN5/c1-14-16-15-11-4-6-12(7-5-11)18(10-13)9-8-17(2)3/h4-7,14-16H,8-10H2,1-3H3. The molecule has 0 aliphatic rings. The zero-order valence-corrected chi connectivity index (χ0v) is 11.2. The molecule has 18 heavy (non-hydrogen) atoms. The van der Waals surface area contributed by atoms with E-state index in [4.69, 9.17) is 0 Å². The van der Waals surface area contributed by atoms with E-state index in [1.54, 1.807) is 11.9 Å². The zero-order chi connectivity index (χ0) is 13.4. The number of likely N-dealkylation sites (N-methyl/N-ethyl adjacent to an activating group) is 1. The first kappa shape index (κ1) is 14.7. The predicted molar refractivity (Wildman–Crippen MR) is 74.1 cm³/mol. The first-order chi connectivity index (χ1) is 8.67. The van der Waals surface area contributed by atoms with Gasteiger partial charge >= 0.3 is 0 Å². The Morgan fingerprint density at radius 1 is 1.11 bits per heavy atom. The Kier molecular flexibility index (Phi) is 6.42. The Balaban J connectivity index is 2.57. The van der Waals surface area contributed by atoms with Crippen LogP contribution < -0.4 is 21.3 Å². The Morgan fingerprint density at radius 2 is 1.78 bits per heavy atom. The first-order valence-corrected chi connectivity index (χ1v) is 5.91. The van der Waals surface area contributed by atoms with Crippen LogP contribution in [0.1, 0.15) is 0 Å². The molecule has 102 valence electrons. The van der Waals surface area contributed by atoms with Gasteiger partial charge < -0.3 is 15.2 Å². The van der Waals surface area contributed by atoms with E-state index in [0.29, 0.717) is 6.54 Å². The highest BCUT2D eigenvalue weighted by Gasteiger charge is 2.06. The van der Waals surface area contributed by atoms with Gasteiger partial charge in [0.05, 0.1) is 5.69 Å². The number of nitrogens with one attached hydrogen (secondary N) is 3. The molecule has 0 bridgehead atoms. The van der Waals surface area contributed by atoms with E-state index in [9.17, 15) is 4.39 Å². The monoisotopic (exact) mass is 255 g/mol. The van der Waals surface area contributed by atoms with E-state index in [2.05, 4.69) is 16.4 Å². The lowest BCUT2D eigenvalue weighted by molar-refractivity contribution is 0.392. The fourth-order valence-electron chi connectivity index (χ4n) is 1.47. The zero-order valence-electron chi connectivity index (χ0n) is 11.2. The van der Waals surface area contributed by atoms with E-state index in [-0.39, 0.29) is 0 Å². The summed E-state index contributed by atoms with van der Waals surface area (Å²) in [7, 11) is 5.73. The average molecular weight is 255 g/mol. The molecule has 0 aromatic heterocycles. The van der Waals surface area contributed by atoms with Gasteiger partial charge in [-0.3, -0.25) is 0 Å². The summed E-state index contributed by atoms with van der Waals surface area (Å²) in [5.41, 5.74) is 10.3. The van der Waals surface area contributed by atoms with E-state index < -0.39 is 6.80 Å². The van der Waals surface area contributed by atoms with Crippen LogP contribution in [0.5, 0.6) is 0 Å². The lowest BCUT2D eigenvalue weighted by Crippen LogP contribution is -2.33. The van der Waals surface area contributed by atoms with Crippen LogP contribution in [0.4, 0.5) is 15.8 Å². The van der Waals surface area contributed by atoms with Gasteiger partial charge in [0.2, 0.25) is 0 Å². The summed E-state index contributed by atoms with van der Waals surface area (Å²) in [6.45, 7) is 1.02. The molecule has 6 heteroatoms. The minimum Gasteiger partial charge on any atom is -0.343 e. The van der Waals surface area contributed by atoms with Crippen molar-refractivity contribution in [1.29, 1.82) is 0 Å². The number of hydrazine groups is 2. The fraction of sp³-hybridized carbons (Fsp3) is 0.500. The summed E-state index contributed by atoms with van der Waals surface area (Å²) in [6.07, 6.45) is 0. The number of alkyl halides is 1. The summed E-state index contributed by atoms with van der Waals surface area (Å²) in [5, 5.41) is 0. The SMILES string of the molecule is CNNNc1ccc(N(CF)CCN(C)C)cc1. The molecule has 0 aliphatic carbocycles. The number of anilines is 2. The fourth-order valence-corrected chi connectivity index (χ4v) is 1.47. The Hall–Kier alpha value is -1.37. The second-order valence-corrected chi connectivity index (χ2v) is 4.23. The van der Waals surface area contributed by atoms with E-state index in [1.165, 1.54) is 0 Å². The van der Waals surface area contributed by atoms with Gasteiger partial charge in [0.1, 0.15) is 0 Å². The summed E-state index contributed by atoms with van der Waals surface area (Å²) in [6, 6.07) is 7.60. The Morgan fingerprint density at radius 3 is 2.28 bits per heavy atom. The van der Waals surface area contributed by atoms with E-state index in [0.717, 1.165) is 17.9 Å². The minimum absolute atomic E-state index is 0.477. The molecule has 3 N–H and O–H groups in total.